The van der Waals surface area contributed by atoms with Crippen molar-refractivity contribution in [3.8, 4) is 5.75 Å². The first-order valence-corrected chi connectivity index (χ1v) is 9.42. The van der Waals surface area contributed by atoms with Crippen LogP contribution >= 0.6 is 11.8 Å². The predicted molar refractivity (Wildman–Crippen MR) is 112 cm³/mol. The van der Waals surface area contributed by atoms with E-state index in [0.29, 0.717) is 11.6 Å². The number of carbonyl (C=O) groups is 1. The smallest absolute Gasteiger partial charge is 0.239 e. The van der Waals surface area contributed by atoms with Gasteiger partial charge in [-0.05, 0) is 41.8 Å². The van der Waals surface area contributed by atoms with Crippen molar-refractivity contribution < 1.29 is 9.53 Å². The standard InChI is InChI=1S/C20H22N4O2S/c1-24(2)16-8-4-15(5-9-16)13-21-23-20-22-19(25)18(27-20)12-14-6-10-17(26-3)11-7-14/h4-11,13,18H,12H2,1-3H3,(H,22,23,25). The number of amides is 1. The zero-order valence-electron chi connectivity index (χ0n) is 15.5. The second-order valence-corrected chi connectivity index (χ2v) is 7.48. The molecule has 1 aliphatic rings. The molecule has 2 aromatic carbocycles. The summed E-state index contributed by atoms with van der Waals surface area (Å²) >= 11 is 1.40. The topological polar surface area (TPSA) is 66.3 Å². The molecule has 1 heterocycles. The number of nitrogens with one attached hydrogen (secondary N) is 1. The van der Waals surface area contributed by atoms with Crippen molar-refractivity contribution in [2.75, 3.05) is 26.1 Å². The van der Waals surface area contributed by atoms with Gasteiger partial charge in [0.25, 0.3) is 0 Å². The molecule has 0 aliphatic carbocycles. The van der Waals surface area contributed by atoms with E-state index in [0.717, 1.165) is 22.6 Å². The first-order chi connectivity index (χ1) is 13.0. The van der Waals surface area contributed by atoms with Crippen molar-refractivity contribution in [3.05, 3.63) is 59.7 Å². The van der Waals surface area contributed by atoms with Gasteiger partial charge in [-0.2, -0.15) is 5.10 Å². The van der Waals surface area contributed by atoms with Gasteiger partial charge in [0.1, 0.15) is 5.75 Å². The summed E-state index contributed by atoms with van der Waals surface area (Å²) in [4.78, 5) is 14.2. The summed E-state index contributed by atoms with van der Waals surface area (Å²) in [6.45, 7) is 0. The van der Waals surface area contributed by atoms with Crippen LogP contribution in [0.25, 0.3) is 0 Å². The van der Waals surface area contributed by atoms with Crippen LogP contribution in [-0.4, -0.2) is 43.7 Å². The summed E-state index contributed by atoms with van der Waals surface area (Å²) in [6, 6.07) is 15.7. The highest BCUT2D eigenvalue weighted by atomic mass is 32.2. The maximum atomic E-state index is 12.2. The van der Waals surface area contributed by atoms with E-state index in [4.69, 9.17) is 4.74 Å². The first kappa shape index (κ1) is 19.0. The molecule has 1 aliphatic heterocycles. The molecule has 1 saturated heterocycles. The molecular formula is C20H22N4O2S. The minimum absolute atomic E-state index is 0.0416. The lowest BCUT2D eigenvalue weighted by Crippen LogP contribution is -2.25. The summed E-state index contributed by atoms with van der Waals surface area (Å²) in [6.07, 6.45) is 2.31. The summed E-state index contributed by atoms with van der Waals surface area (Å²) in [5.41, 5.74) is 3.15. The highest BCUT2D eigenvalue weighted by molar-refractivity contribution is 8.15. The maximum Gasteiger partial charge on any atom is 0.239 e. The van der Waals surface area contributed by atoms with E-state index >= 15 is 0 Å². The van der Waals surface area contributed by atoms with Crippen LogP contribution in [0.4, 0.5) is 5.69 Å². The lowest BCUT2D eigenvalue weighted by Gasteiger charge is -2.11. The molecule has 0 bridgehead atoms. The quantitative estimate of drug-likeness (QED) is 0.616. The van der Waals surface area contributed by atoms with Crippen LogP contribution in [0.2, 0.25) is 0 Å². The molecule has 0 spiro atoms. The second kappa shape index (κ2) is 8.73. The lowest BCUT2D eigenvalue weighted by atomic mass is 10.1. The van der Waals surface area contributed by atoms with Gasteiger partial charge in [-0.15, -0.1) is 5.10 Å². The molecule has 3 rings (SSSR count). The highest BCUT2D eigenvalue weighted by Crippen LogP contribution is 2.24. The summed E-state index contributed by atoms with van der Waals surface area (Å²) in [5.74, 6) is 0.762. The SMILES string of the molecule is COc1ccc(CC2SC(=NN=Cc3ccc(N(C)C)cc3)NC2=O)cc1. The van der Waals surface area contributed by atoms with Gasteiger partial charge in [0, 0.05) is 19.8 Å². The molecule has 1 N–H and O–H groups in total. The normalized spacial score (nSPS) is 18.1. The number of ether oxygens (including phenoxy) is 1. The Morgan fingerprint density at radius 1 is 1.15 bits per heavy atom. The van der Waals surface area contributed by atoms with E-state index in [1.807, 2.05) is 67.5 Å². The van der Waals surface area contributed by atoms with E-state index in [1.54, 1.807) is 13.3 Å². The fourth-order valence-corrected chi connectivity index (χ4v) is 3.53. The average molecular weight is 382 g/mol. The number of benzene rings is 2. The Morgan fingerprint density at radius 3 is 2.48 bits per heavy atom. The number of amidine groups is 1. The van der Waals surface area contributed by atoms with Gasteiger partial charge in [-0.1, -0.05) is 36.0 Å². The maximum absolute atomic E-state index is 12.2. The van der Waals surface area contributed by atoms with Gasteiger partial charge in [0.15, 0.2) is 5.17 Å². The van der Waals surface area contributed by atoms with Gasteiger partial charge in [0.2, 0.25) is 5.91 Å². The predicted octanol–water partition coefficient (Wildman–Crippen LogP) is 2.93. The van der Waals surface area contributed by atoms with Crippen LogP contribution in [0.15, 0.2) is 58.7 Å². The number of carbonyl (C=O) groups excluding carboxylic acids is 1. The molecular weight excluding hydrogens is 360 g/mol. The third-order valence-corrected chi connectivity index (χ3v) is 5.19. The minimum atomic E-state index is -0.202. The Balaban J connectivity index is 1.58. The molecule has 1 unspecified atom stereocenters. The molecule has 140 valence electrons. The van der Waals surface area contributed by atoms with Crippen molar-refractivity contribution in [1.82, 2.24) is 5.32 Å². The number of nitrogens with zero attached hydrogens (tertiary/aromatic N) is 3. The fraction of sp³-hybridized carbons (Fsp3) is 0.250. The van der Waals surface area contributed by atoms with Gasteiger partial charge < -0.3 is 15.0 Å². The van der Waals surface area contributed by atoms with Crippen LogP contribution in [0.3, 0.4) is 0 Å². The highest BCUT2D eigenvalue weighted by Gasteiger charge is 2.30. The molecule has 6 nitrogen and oxygen atoms in total. The number of thioether (sulfide) groups is 1. The van der Waals surface area contributed by atoms with Crippen molar-refractivity contribution in [1.29, 1.82) is 0 Å². The van der Waals surface area contributed by atoms with E-state index in [-0.39, 0.29) is 11.2 Å². The van der Waals surface area contributed by atoms with Crippen molar-refractivity contribution >= 4 is 34.7 Å². The van der Waals surface area contributed by atoms with Crippen molar-refractivity contribution in [2.24, 2.45) is 10.2 Å². The number of rotatable bonds is 6. The number of anilines is 1. The molecule has 1 amide bonds. The molecule has 1 fully saturated rings. The van der Waals surface area contributed by atoms with Crippen LogP contribution in [0.1, 0.15) is 11.1 Å². The van der Waals surface area contributed by atoms with Crippen LogP contribution in [0.5, 0.6) is 5.75 Å². The number of hydrogen-bond donors (Lipinski definition) is 1. The fourth-order valence-electron chi connectivity index (χ4n) is 2.57. The molecule has 0 aromatic heterocycles. The van der Waals surface area contributed by atoms with E-state index in [9.17, 15) is 4.79 Å². The molecule has 7 heteroatoms. The van der Waals surface area contributed by atoms with E-state index in [1.165, 1.54) is 11.8 Å². The monoisotopic (exact) mass is 382 g/mol. The summed E-state index contributed by atoms with van der Waals surface area (Å²) in [5, 5.41) is 11.3. The molecule has 0 radical (unpaired) electrons. The van der Waals surface area contributed by atoms with E-state index < -0.39 is 0 Å². The minimum Gasteiger partial charge on any atom is -0.497 e. The molecule has 1 atom stereocenters. The number of hydrogen-bond acceptors (Lipinski definition) is 6. The molecule has 27 heavy (non-hydrogen) atoms. The zero-order valence-corrected chi connectivity index (χ0v) is 16.4. The lowest BCUT2D eigenvalue weighted by molar-refractivity contribution is -0.118. The number of methoxy groups -OCH3 is 1. The summed E-state index contributed by atoms with van der Waals surface area (Å²) < 4.78 is 5.15. The van der Waals surface area contributed by atoms with Gasteiger partial charge >= 0.3 is 0 Å². The molecule has 2 aromatic rings. The van der Waals surface area contributed by atoms with Crippen molar-refractivity contribution in [2.45, 2.75) is 11.7 Å². The largest absolute Gasteiger partial charge is 0.497 e. The van der Waals surface area contributed by atoms with Gasteiger partial charge in [-0.3, -0.25) is 4.79 Å². The van der Waals surface area contributed by atoms with Crippen LogP contribution in [0, 0.1) is 0 Å². The second-order valence-electron chi connectivity index (χ2n) is 6.28. The van der Waals surface area contributed by atoms with Crippen LogP contribution < -0.4 is 15.0 Å². The van der Waals surface area contributed by atoms with Gasteiger partial charge in [-0.25, -0.2) is 0 Å². The zero-order chi connectivity index (χ0) is 19.2. The third-order valence-electron chi connectivity index (χ3n) is 4.12. The Morgan fingerprint density at radius 2 is 1.85 bits per heavy atom. The Kier molecular flexibility index (Phi) is 6.13. The third kappa shape index (κ3) is 5.10. The average Bonchev–Trinajstić information content (AvgIpc) is 3.02. The van der Waals surface area contributed by atoms with E-state index in [2.05, 4.69) is 15.5 Å². The Hall–Kier alpha value is -2.80. The Bertz CT molecular complexity index is 845. The Labute approximate surface area is 163 Å². The molecule has 0 saturated carbocycles. The summed E-state index contributed by atoms with van der Waals surface area (Å²) in [7, 11) is 5.63. The van der Waals surface area contributed by atoms with Crippen LogP contribution in [-0.2, 0) is 11.2 Å². The first-order valence-electron chi connectivity index (χ1n) is 8.54. The van der Waals surface area contributed by atoms with Gasteiger partial charge in [0.05, 0.1) is 18.6 Å². The van der Waals surface area contributed by atoms with Crippen molar-refractivity contribution in [3.63, 3.8) is 0 Å².